The normalized spacial score (nSPS) is 11.1. The van der Waals surface area contributed by atoms with Gasteiger partial charge in [0, 0.05) is 11.3 Å². The van der Waals surface area contributed by atoms with Gasteiger partial charge in [0.1, 0.15) is 0 Å². The fraction of sp³-hybridized carbons (Fsp3) is 0.125. The summed E-state index contributed by atoms with van der Waals surface area (Å²) < 4.78 is 24.9. The van der Waals surface area contributed by atoms with E-state index >= 15 is 0 Å². The van der Waals surface area contributed by atoms with Gasteiger partial charge in [-0.05, 0) is 24.3 Å². The predicted octanol–water partition coefficient (Wildman–Crippen LogP) is 4.23. The van der Waals surface area contributed by atoms with Crippen molar-refractivity contribution in [2.45, 2.75) is 11.6 Å². The van der Waals surface area contributed by atoms with Crippen LogP contribution in [0.1, 0.15) is 12.0 Å². The summed E-state index contributed by atoms with van der Waals surface area (Å²) in [5, 5.41) is 3.33. The molecule has 7 heteroatoms. The molecular formula is C16H13F2N3OS. The average Bonchev–Trinajstić information content (AvgIpc) is 2.96. The lowest BCUT2D eigenvalue weighted by Gasteiger charge is -2.05. The highest BCUT2D eigenvalue weighted by Gasteiger charge is 2.09. The van der Waals surface area contributed by atoms with E-state index < -0.39 is 6.43 Å². The lowest BCUT2D eigenvalue weighted by atomic mass is 10.2. The van der Waals surface area contributed by atoms with Gasteiger partial charge < -0.3 is 10.3 Å². The van der Waals surface area contributed by atoms with Crippen LogP contribution in [0.2, 0.25) is 0 Å². The summed E-state index contributed by atoms with van der Waals surface area (Å²) in [6.07, 6.45) is -2.51. The molecule has 118 valence electrons. The van der Waals surface area contributed by atoms with Gasteiger partial charge in [0.15, 0.2) is 5.16 Å². The van der Waals surface area contributed by atoms with Crippen LogP contribution in [0.3, 0.4) is 0 Å². The van der Waals surface area contributed by atoms with E-state index in [4.69, 9.17) is 0 Å². The highest BCUT2D eigenvalue weighted by Crippen LogP contribution is 2.21. The molecule has 0 radical (unpaired) electrons. The first kappa shape index (κ1) is 15.5. The number of fused-ring (bicyclic) bond motifs is 1. The van der Waals surface area contributed by atoms with Crippen LogP contribution in [0.4, 0.5) is 14.5 Å². The lowest BCUT2D eigenvalue weighted by molar-refractivity contribution is -0.113. The maximum Gasteiger partial charge on any atom is 0.263 e. The van der Waals surface area contributed by atoms with Gasteiger partial charge in [0.2, 0.25) is 5.91 Å². The molecule has 1 aromatic heterocycles. The van der Waals surface area contributed by atoms with E-state index in [9.17, 15) is 13.6 Å². The number of imidazole rings is 1. The highest BCUT2D eigenvalue weighted by molar-refractivity contribution is 7.99. The Morgan fingerprint density at radius 1 is 1.17 bits per heavy atom. The third-order valence-electron chi connectivity index (χ3n) is 3.15. The molecule has 0 aliphatic carbocycles. The molecule has 0 aliphatic rings. The van der Waals surface area contributed by atoms with Gasteiger partial charge in [0.25, 0.3) is 6.43 Å². The van der Waals surface area contributed by atoms with Gasteiger partial charge in [-0.2, -0.15) is 0 Å². The molecule has 0 aliphatic heterocycles. The Hall–Kier alpha value is -2.41. The second kappa shape index (κ2) is 6.78. The molecule has 0 unspecified atom stereocenters. The number of halogens is 2. The molecule has 1 heterocycles. The van der Waals surface area contributed by atoms with E-state index in [0.29, 0.717) is 10.8 Å². The third kappa shape index (κ3) is 3.87. The number of hydrogen-bond acceptors (Lipinski definition) is 3. The first-order valence-corrected chi connectivity index (χ1v) is 7.86. The maximum absolute atomic E-state index is 12.5. The van der Waals surface area contributed by atoms with Crippen LogP contribution in [0.25, 0.3) is 11.0 Å². The predicted molar refractivity (Wildman–Crippen MR) is 86.8 cm³/mol. The quantitative estimate of drug-likeness (QED) is 0.687. The number of rotatable bonds is 5. The van der Waals surface area contributed by atoms with Crippen LogP contribution in [0, 0.1) is 0 Å². The van der Waals surface area contributed by atoms with Crippen LogP contribution in [-0.4, -0.2) is 21.6 Å². The zero-order chi connectivity index (χ0) is 16.2. The van der Waals surface area contributed by atoms with Gasteiger partial charge in [-0.15, -0.1) is 0 Å². The number of aromatic nitrogens is 2. The lowest BCUT2D eigenvalue weighted by Crippen LogP contribution is -2.14. The minimum atomic E-state index is -2.51. The number of benzene rings is 2. The Balaban J connectivity index is 1.56. The Morgan fingerprint density at radius 2 is 1.91 bits per heavy atom. The molecule has 0 spiro atoms. The van der Waals surface area contributed by atoms with E-state index in [1.165, 1.54) is 36.0 Å². The van der Waals surface area contributed by atoms with E-state index in [1.54, 1.807) is 0 Å². The maximum atomic E-state index is 12.5. The molecular weight excluding hydrogens is 320 g/mol. The summed E-state index contributed by atoms with van der Waals surface area (Å²) in [4.78, 5) is 19.4. The van der Waals surface area contributed by atoms with E-state index in [0.717, 1.165) is 11.0 Å². The van der Waals surface area contributed by atoms with Crippen LogP contribution >= 0.6 is 11.8 Å². The van der Waals surface area contributed by atoms with Crippen molar-refractivity contribution >= 4 is 34.4 Å². The van der Waals surface area contributed by atoms with Gasteiger partial charge in [-0.3, -0.25) is 4.79 Å². The van der Waals surface area contributed by atoms with Gasteiger partial charge in [-0.1, -0.05) is 36.0 Å². The molecule has 0 saturated carbocycles. The smallest absolute Gasteiger partial charge is 0.263 e. The van der Waals surface area contributed by atoms with Crippen molar-refractivity contribution in [2.75, 3.05) is 11.1 Å². The Bertz CT molecular complexity index is 785. The van der Waals surface area contributed by atoms with Crippen molar-refractivity contribution in [3.8, 4) is 0 Å². The second-order valence-electron chi connectivity index (χ2n) is 4.82. The number of alkyl halides is 2. The number of anilines is 1. The number of nitrogens with zero attached hydrogens (tertiary/aromatic N) is 1. The Morgan fingerprint density at radius 3 is 2.61 bits per heavy atom. The van der Waals surface area contributed by atoms with E-state index in [1.807, 2.05) is 24.3 Å². The summed E-state index contributed by atoms with van der Waals surface area (Å²) >= 11 is 1.28. The van der Waals surface area contributed by atoms with Crippen molar-refractivity contribution in [3.63, 3.8) is 0 Å². The molecule has 0 saturated heterocycles. The van der Waals surface area contributed by atoms with Gasteiger partial charge >= 0.3 is 0 Å². The zero-order valence-corrected chi connectivity index (χ0v) is 12.7. The summed E-state index contributed by atoms with van der Waals surface area (Å²) in [5.74, 6) is -0.0450. The molecule has 0 atom stereocenters. The molecule has 0 bridgehead atoms. The second-order valence-corrected chi connectivity index (χ2v) is 5.78. The third-order valence-corrected chi connectivity index (χ3v) is 4.03. The molecule has 2 aromatic carbocycles. The number of para-hydroxylation sites is 2. The standard InChI is InChI=1S/C16H13F2N3OS/c17-15(18)10-5-7-11(8-6-10)19-14(22)9-23-16-20-12-3-1-2-4-13(12)21-16/h1-8,15H,9H2,(H,19,22)(H,20,21). The van der Waals surface area contributed by atoms with Crippen molar-refractivity contribution in [3.05, 3.63) is 54.1 Å². The summed E-state index contributed by atoms with van der Waals surface area (Å²) in [7, 11) is 0. The van der Waals surface area contributed by atoms with E-state index in [-0.39, 0.29) is 17.2 Å². The van der Waals surface area contributed by atoms with Crippen LogP contribution < -0.4 is 5.32 Å². The van der Waals surface area contributed by atoms with Crippen molar-refractivity contribution in [1.29, 1.82) is 0 Å². The van der Waals surface area contributed by atoms with Gasteiger partial charge in [0.05, 0.1) is 16.8 Å². The van der Waals surface area contributed by atoms with Crippen molar-refractivity contribution < 1.29 is 13.6 Å². The molecule has 23 heavy (non-hydrogen) atoms. The van der Waals surface area contributed by atoms with E-state index in [2.05, 4.69) is 15.3 Å². The monoisotopic (exact) mass is 333 g/mol. The van der Waals surface area contributed by atoms with Crippen molar-refractivity contribution in [2.24, 2.45) is 0 Å². The first-order valence-electron chi connectivity index (χ1n) is 6.87. The van der Waals surface area contributed by atoms with Crippen molar-refractivity contribution in [1.82, 2.24) is 9.97 Å². The molecule has 3 aromatic rings. The minimum Gasteiger partial charge on any atom is -0.333 e. The minimum absolute atomic E-state index is 0.0698. The summed E-state index contributed by atoms with van der Waals surface area (Å²) in [6, 6.07) is 13.1. The number of aromatic amines is 1. The zero-order valence-electron chi connectivity index (χ0n) is 11.9. The number of carbonyl (C=O) groups excluding carboxylic acids is 1. The largest absolute Gasteiger partial charge is 0.333 e. The molecule has 4 nitrogen and oxygen atoms in total. The van der Waals surface area contributed by atoms with Crippen LogP contribution in [0.5, 0.6) is 0 Å². The molecule has 3 rings (SSSR count). The number of H-pyrrole nitrogens is 1. The highest BCUT2D eigenvalue weighted by atomic mass is 32.2. The van der Waals surface area contributed by atoms with Crippen LogP contribution in [0.15, 0.2) is 53.7 Å². The number of nitrogens with one attached hydrogen (secondary N) is 2. The Labute approximate surface area is 135 Å². The molecule has 1 amide bonds. The van der Waals surface area contributed by atoms with Crippen LogP contribution in [-0.2, 0) is 4.79 Å². The summed E-state index contributed by atoms with van der Waals surface area (Å²) in [5.41, 5.74) is 2.18. The topological polar surface area (TPSA) is 57.8 Å². The SMILES string of the molecule is O=C(CSc1nc2ccccc2[nH]1)Nc1ccc(C(F)F)cc1. The average molecular weight is 333 g/mol. The van der Waals surface area contributed by atoms with Gasteiger partial charge in [-0.25, -0.2) is 13.8 Å². The Kier molecular flexibility index (Phi) is 4.57. The number of thioether (sulfide) groups is 1. The summed E-state index contributed by atoms with van der Waals surface area (Å²) in [6.45, 7) is 0. The fourth-order valence-electron chi connectivity index (χ4n) is 2.04. The number of carbonyl (C=O) groups is 1. The molecule has 0 fully saturated rings. The number of amides is 1. The molecule has 2 N–H and O–H groups in total. The number of hydrogen-bond donors (Lipinski definition) is 2. The first-order chi connectivity index (χ1) is 11.1. The fourth-order valence-corrected chi connectivity index (χ4v) is 2.73.